The Morgan fingerprint density at radius 3 is 2.67 bits per heavy atom. The van der Waals surface area contributed by atoms with Crippen LogP contribution in [0.1, 0.15) is 19.3 Å². The molecule has 2 aliphatic carbocycles. The average Bonchev–Trinajstić information content (AvgIpc) is 2.88. The van der Waals surface area contributed by atoms with E-state index in [1.807, 2.05) is 0 Å². The quantitative estimate of drug-likeness (QED) is 0.560. The number of aliphatic carboxylic acids is 1. The van der Waals surface area contributed by atoms with Crippen molar-refractivity contribution in [3.8, 4) is 0 Å². The first-order valence-corrected chi connectivity index (χ1v) is 6.42. The Balaban J connectivity index is 1.67. The number of nitrogens with one attached hydrogen (secondary N) is 1. The molecular weight excluding hydrogens is 236 g/mol. The minimum atomic E-state index is -1.00. The van der Waals surface area contributed by atoms with Gasteiger partial charge in [-0.05, 0) is 31.1 Å². The van der Waals surface area contributed by atoms with E-state index in [1.54, 1.807) is 0 Å². The lowest BCUT2D eigenvalue weighted by Gasteiger charge is -2.26. The van der Waals surface area contributed by atoms with Crippen LogP contribution in [0.4, 0.5) is 0 Å². The first-order valence-electron chi connectivity index (χ1n) is 6.42. The molecule has 0 radical (unpaired) electrons. The molecule has 4 atom stereocenters. The zero-order valence-electron chi connectivity index (χ0n) is 10.3. The number of hydrogen-bond acceptors (Lipinski definition) is 4. The van der Waals surface area contributed by atoms with Crippen molar-refractivity contribution in [2.24, 2.45) is 23.5 Å². The van der Waals surface area contributed by atoms with Gasteiger partial charge in [0.05, 0.1) is 12.5 Å². The number of nitrogens with two attached hydrogens (primary N) is 1. The number of carboxylic acid groups (broad SMARTS) is 1. The third kappa shape index (κ3) is 2.81. The summed E-state index contributed by atoms with van der Waals surface area (Å²) in [5.41, 5.74) is 6.07. The Labute approximate surface area is 106 Å². The van der Waals surface area contributed by atoms with Gasteiger partial charge < -0.3 is 20.9 Å². The van der Waals surface area contributed by atoms with Gasteiger partial charge in [0.2, 0.25) is 5.91 Å². The van der Waals surface area contributed by atoms with Gasteiger partial charge in [0.1, 0.15) is 6.61 Å². The molecule has 6 nitrogen and oxygen atoms in total. The Kier molecular flexibility index (Phi) is 4.19. The molecular formula is C12H20N2O4. The molecule has 0 spiro atoms. The molecule has 4 N–H and O–H groups in total. The lowest BCUT2D eigenvalue weighted by molar-refractivity contribution is -0.142. The number of fused-ring (bicyclic) bond motifs is 2. The topological polar surface area (TPSA) is 102 Å². The number of carboxylic acids is 1. The maximum Gasteiger partial charge on any atom is 0.329 e. The van der Waals surface area contributed by atoms with E-state index in [0.29, 0.717) is 18.4 Å². The Morgan fingerprint density at radius 2 is 2.06 bits per heavy atom. The van der Waals surface area contributed by atoms with Crippen LogP contribution in [-0.4, -0.2) is 42.8 Å². The summed E-state index contributed by atoms with van der Waals surface area (Å²) in [7, 11) is 0. The lowest BCUT2D eigenvalue weighted by atomic mass is 9.84. The van der Waals surface area contributed by atoms with Gasteiger partial charge in [0.25, 0.3) is 0 Å². The highest BCUT2D eigenvalue weighted by Crippen LogP contribution is 2.47. The summed E-state index contributed by atoms with van der Waals surface area (Å²) < 4.78 is 4.85. The number of carbonyl (C=O) groups excluding carboxylic acids is 1. The molecule has 0 aromatic heterocycles. The van der Waals surface area contributed by atoms with Crippen molar-refractivity contribution in [3.63, 3.8) is 0 Å². The van der Waals surface area contributed by atoms with E-state index in [1.165, 1.54) is 0 Å². The molecule has 6 heteroatoms. The van der Waals surface area contributed by atoms with Crippen molar-refractivity contribution >= 4 is 11.9 Å². The highest BCUT2D eigenvalue weighted by Gasteiger charge is 2.48. The molecule has 0 aromatic rings. The fourth-order valence-electron chi connectivity index (χ4n) is 3.25. The minimum absolute atomic E-state index is 0.00590. The predicted molar refractivity (Wildman–Crippen MR) is 63.8 cm³/mol. The fraction of sp³-hybridized carbons (Fsp3) is 0.833. The van der Waals surface area contributed by atoms with Gasteiger partial charge in [-0.1, -0.05) is 0 Å². The monoisotopic (exact) mass is 256 g/mol. The van der Waals surface area contributed by atoms with Crippen LogP contribution in [-0.2, 0) is 14.3 Å². The summed E-state index contributed by atoms with van der Waals surface area (Å²) in [6, 6.07) is -0.0105. The lowest BCUT2D eigenvalue weighted by Crippen LogP contribution is -2.46. The molecule has 0 saturated heterocycles. The number of hydrogen-bond donors (Lipinski definition) is 3. The van der Waals surface area contributed by atoms with Crippen LogP contribution in [0.5, 0.6) is 0 Å². The zero-order chi connectivity index (χ0) is 13.1. The summed E-state index contributed by atoms with van der Waals surface area (Å²) in [6.45, 7) is 0.227. The summed E-state index contributed by atoms with van der Waals surface area (Å²) in [6.07, 6.45) is 3.33. The second-order valence-corrected chi connectivity index (χ2v) is 5.17. The van der Waals surface area contributed by atoms with Crippen molar-refractivity contribution < 1.29 is 19.4 Å². The van der Waals surface area contributed by atoms with Gasteiger partial charge in [0, 0.05) is 12.6 Å². The first-order chi connectivity index (χ1) is 8.59. The molecule has 102 valence electrons. The van der Waals surface area contributed by atoms with Crippen molar-refractivity contribution in [1.82, 2.24) is 5.32 Å². The Hall–Kier alpha value is -1.14. The van der Waals surface area contributed by atoms with Crippen LogP contribution in [0, 0.1) is 17.8 Å². The second-order valence-electron chi connectivity index (χ2n) is 5.17. The third-order valence-corrected chi connectivity index (χ3v) is 4.05. The van der Waals surface area contributed by atoms with E-state index in [4.69, 9.17) is 15.6 Å². The molecule has 2 aliphatic rings. The summed E-state index contributed by atoms with van der Waals surface area (Å²) in [5, 5.41) is 11.1. The minimum Gasteiger partial charge on any atom is -0.480 e. The number of carbonyl (C=O) groups is 2. The number of ether oxygens (including phenoxy) is 1. The maximum atomic E-state index is 12.0. The van der Waals surface area contributed by atoms with Crippen molar-refractivity contribution in [2.75, 3.05) is 19.8 Å². The van der Waals surface area contributed by atoms with Crippen LogP contribution in [0.3, 0.4) is 0 Å². The standard InChI is InChI=1S/C12H20N2O4/c13-11-8-2-1-7(5-8)10(11)12(17)14-3-4-18-6-9(15)16/h7-8,10-11H,1-6,13H2,(H,14,17)(H,15,16). The smallest absolute Gasteiger partial charge is 0.329 e. The van der Waals surface area contributed by atoms with E-state index in [9.17, 15) is 9.59 Å². The maximum absolute atomic E-state index is 12.0. The number of amides is 1. The van der Waals surface area contributed by atoms with Crippen LogP contribution in [0.25, 0.3) is 0 Å². The molecule has 0 aliphatic heterocycles. The predicted octanol–water partition coefficient (Wildman–Crippen LogP) is -0.423. The summed E-state index contributed by atoms with van der Waals surface area (Å²) in [4.78, 5) is 22.2. The van der Waals surface area contributed by atoms with Crippen LogP contribution >= 0.6 is 0 Å². The van der Waals surface area contributed by atoms with Crippen molar-refractivity contribution in [3.05, 3.63) is 0 Å². The molecule has 1 amide bonds. The van der Waals surface area contributed by atoms with E-state index in [2.05, 4.69) is 5.32 Å². The van der Waals surface area contributed by atoms with E-state index in [0.717, 1.165) is 19.3 Å². The largest absolute Gasteiger partial charge is 0.480 e. The molecule has 0 aromatic carbocycles. The zero-order valence-corrected chi connectivity index (χ0v) is 10.3. The van der Waals surface area contributed by atoms with Gasteiger partial charge in [-0.3, -0.25) is 4.79 Å². The normalized spacial score (nSPS) is 33.6. The Morgan fingerprint density at radius 1 is 1.33 bits per heavy atom. The van der Waals surface area contributed by atoms with Gasteiger partial charge in [-0.25, -0.2) is 4.79 Å². The van der Waals surface area contributed by atoms with Gasteiger partial charge >= 0.3 is 5.97 Å². The van der Waals surface area contributed by atoms with Gasteiger partial charge in [-0.15, -0.1) is 0 Å². The van der Waals surface area contributed by atoms with Crippen LogP contribution in [0.2, 0.25) is 0 Å². The van der Waals surface area contributed by atoms with Crippen LogP contribution in [0.15, 0.2) is 0 Å². The van der Waals surface area contributed by atoms with Gasteiger partial charge in [0.15, 0.2) is 0 Å². The Bertz CT molecular complexity index is 332. The number of rotatable bonds is 6. The average molecular weight is 256 g/mol. The SMILES string of the molecule is NC1C2CCC(C2)C1C(=O)NCCOCC(=O)O. The summed E-state index contributed by atoms with van der Waals surface area (Å²) in [5.74, 6) is -0.132. The van der Waals surface area contributed by atoms with Crippen LogP contribution < -0.4 is 11.1 Å². The molecule has 2 bridgehead atoms. The molecule has 2 rings (SSSR count). The first kappa shape index (κ1) is 13.3. The van der Waals surface area contributed by atoms with Gasteiger partial charge in [-0.2, -0.15) is 0 Å². The second kappa shape index (κ2) is 5.67. The summed E-state index contributed by atoms with van der Waals surface area (Å²) >= 11 is 0. The molecule has 0 heterocycles. The molecule has 2 saturated carbocycles. The van der Waals surface area contributed by atoms with Crippen molar-refractivity contribution in [1.29, 1.82) is 0 Å². The van der Waals surface area contributed by atoms with E-state index in [-0.39, 0.29) is 31.1 Å². The molecule has 18 heavy (non-hydrogen) atoms. The van der Waals surface area contributed by atoms with E-state index >= 15 is 0 Å². The highest BCUT2D eigenvalue weighted by atomic mass is 16.5. The third-order valence-electron chi connectivity index (χ3n) is 4.05. The molecule has 2 fully saturated rings. The fourth-order valence-corrected chi connectivity index (χ4v) is 3.25. The molecule has 4 unspecified atom stereocenters. The highest BCUT2D eigenvalue weighted by molar-refractivity contribution is 5.80. The van der Waals surface area contributed by atoms with Crippen molar-refractivity contribution in [2.45, 2.75) is 25.3 Å². The van der Waals surface area contributed by atoms with E-state index < -0.39 is 5.97 Å².